The van der Waals surface area contributed by atoms with Crippen molar-refractivity contribution >= 4 is 52.9 Å². The molecule has 8 heteroatoms. The van der Waals surface area contributed by atoms with Gasteiger partial charge in [-0.3, -0.25) is 19.4 Å². The van der Waals surface area contributed by atoms with Crippen molar-refractivity contribution < 1.29 is 15.1 Å². The van der Waals surface area contributed by atoms with Crippen LogP contribution >= 0.6 is 24.0 Å². The minimum Gasteiger partial charge on any atom is -0.412 e. The number of likely N-dealkylation sites (tertiary alicyclic amines) is 1. The van der Waals surface area contributed by atoms with Gasteiger partial charge in [0.15, 0.2) is 0 Å². The first-order valence-electron chi connectivity index (χ1n) is 8.39. The Morgan fingerprint density at radius 3 is 2.52 bits per heavy atom. The average Bonchev–Trinajstić information content (AvgIpc) is 3.06. The molecule has 0 spiro atoms. The maximum absolute atomic E-state index is 13.1. The fourth-order valence-corrected chi connectivity index (χ4v) is 3.63. The number of hydrogen-bond donors (Lipinski definition) is 1. The summed E-state index contributed by atoms with van der Waals surface area (Å²) < 4.78 is 0. The lowest BCUT2D eigenvalue weighted by atomic mass is 10.1. The number of amides is 2. The van der Waals surface area contributed by atoms with E-state index in [9.17, 15) is 9.59 Å². The molecule has 0 saturated carbocycles. The molecule has 0 atom stereocenters. The standard InChI is InChI=1S/C19H18ClN3O2.ClH.H2O/c20-13-7-8-17-15(11-13)21-19(25)14-5-1-2-6-16(14)23(17)18(24)12-22-9-3-4-10-22;;/h1-2,5-8,11H,3-4,9-10,12H2,(H,21,25);1H;1H2. The number of fused-ring (bicyclic) bond motifs is 2. The van der Waals surface area contributed by atoms with Crippen LogP contribution in [0, 0.1) is 0 Å². The number of para-hydroxylation sites is 1. The van der Waals surface area contributed by atoms with Gasteiger partial charge in [0.05, 0.1) is 29.2 Å². The maximum Gasteiger partial charge on any atom is 0.257 e. The molecule has 2 aromatic rings. The highest BCUT2D eigenvalue weighted by Gasteiger charge is 2.30. The zero-order valence-electron chi connectivity index (χ0n) is 14.6. The van der Waals surface area contributed by atoms with Gasteiger partial charge in [-0.05, 0) is 56.3 Å². The van der Waals surface area contributed by atoms with Crippen LogP contribution in [0.2, 0.25) is 5.02 Å². The molecule has 4 rings (SSSR count). The summed E-state index contributed by atoms with van der Waals surface area (Å²) >= 11 is 6.09. The second-order valence-corrected chi connectivity index (χ2v) is 6.78. The lowest BCUT2D eigenvalue weighted by Gasteiger charge is -2.26. The van der Waals surface area contributed by atoms with Gasteiger partial charge in [0, 0.05) is 5.02 Å². The lowest BCUT2D eigenvalue weighted by Crippen LogP contribution is -2.37. The van der Waals surface area contributed by atoms with E-state index < -0.39 is 0 Å². The van der Waals surface area contributed by atoms with Crippen molar-refractivity contribution in [3.05, 3.63) is 53.1 Å². The second kappa shape index (κ2) is 8.71. The van der Waals surface area contributed by atoms with Gasteiger partial charge in [0.2, 0.25) is 5.91 Å². The van der Waals surface area contributed by atoms with E-state index in [4.69, 9.17) is 11.6 Å². The number of anilines is 3. The smallest absolute Gasteiger partial charge is 0.257 e. The van der Waals surface area contributed by atoms with Crippen LogP contribution in [-0.4, -0.2) is 41.8 Å². The number of hydrogen-bond acceptors (Lipinski definition) is 3. The number of carbonyl (C=O) groups is 2. The van der Waals surface area contributed by atoms with E-state index >= 15 is 0 Å². The van der Waals surface area contributed by atoms with E-state index in [-0.39, 0.29) is 29.7 Å². The third kappa shape index (κ3) is 4.09. The Morgan fingerprint density at radius 2 is 1.78 bits per heavy atom. The molecule has 27 heavy (non-hydrogen) atoms. The molecule has 0 aromatic heterocycles. The van der Waals surface area contributed by atoms with E-state index in [2.05, 4.69) is 10.2 Å². The van der Waals surface area contributed by atoms with Crippen molar-refractivity contribution in [3.8, 4) is 0 Å². The fourth-order valence-electron chi connectivity index (χ4n) is 3.45. The Bertz CT molecular complexity index is 854. The highest BCUT2D eigenvalue weighted by atomic mass is 35.5. The SMILES string of the molecule is Cl.O.O=C1Nc2cc(Cl)ccc2N(C(=O)CN2CCCC2)c2ccccc21. The summed E-state index contributed by atoms with van der Waals surface area (Å²) in [5.41, 5.74) is 2.27. The van der Waals surface area contributed by atoms with E-state index in [1.54, 1.807) is 41.3 Å². The molecule has 1 saturated heterocycles. The Hall–Kier alpha value is -2.12. The van der Waals surface area contributed by atoms with Crippen molar-refractivity contribution in [2.45, 2.75) is 12.8 Å². The largest absolute Gasteiger partial charge is 0.412 e. The Balaban J connectivity index is 0.00000131. The molecular weight excluding hydrogens is 389 g/mol. The van der Waals surface area contributed by atoms with Crippen molar-refractivity contribution in [3.63, 3.8) is 0 Å². The van der Waals surface area contributed by atoms with Crippen molar-refractivity contribution in [1.29, 1.82) is 0 Å². The predicted molar refractivity (Wildman–Crippen MR) is 110 cm³/mol. The first kappa shape index (κ1) is 21.2. The molecule has 2 aromatic carbocycles. The third-order valence-corrected chi connectivity index (χ3v) is 4.88. The second-order valence-electron chi connectivity index (χ2n) is 6.35. The summed E-state index contributed by atoms with van der Waals surface area (Å²) in [7, 11) is 0. The molecule has 2 amide bonds. The zero-order valence-corrected chi connectivity index (χ0v) is 16.1. The monoisotopic (exact) mass is 409 g/mol. The molecular formula is C19H21Cl2N3O3. The molecule has 3 N–H and O–H groups in total. The van der Waals surface area contributed by atoms with Crippen molar-refractivity contribution in [1.82, 2.24) is 4.90 Å². The summed E-state index contributed by atoms with van der Waals surface area (Å²) in [6.45, 7) is 2.21. The van der Waals surface area contributed by atoms with Crippen LogP contribution in [0.5, 0.6) is 0 Å². The molecule has 1 fully saturated rings. The van der Waals surface area contributed by atoms with E-state index in [1.165, 1.54) is 0 Å². The molecule has 2 aliphatic heterocycles. The average molecular weight is 410 g/mol. The number of benzene rings is 2. The molecule has 0 bridgehead atoms. The van der Waals surface area contributed by atoms with Gasteiger partial charge < -0.3 is 10.8 Å². The van der Waals surface area contributed by atoms with Crippen molar-refractivity contribution in [2.24, 2.45) is 0 Å². The Morgan fingerprint density at radius 1 is 1.07 bits per heavy atom. The minimum absolute atomic E-state index is 0. The van der Waals surface area contributed by atoms with Crippen LogP contribution in [0.4, 0.5) is 17.1 Å². The summed E-state index contributed by atoms with van der Waals surface area (Å²) in [5.74, 6) is -0.287. The number of carbonyl (C=O) groups excluding carboxylic acids is 2. The number of nitrogens with one attached hydrogen (secondary N) is 1. The molecule has 2 aliphatic rings. The molecule has 144 valence electrons. The summed E-state index contributed by atoms with van der Waals surface area (Å²) in [6.07, 6.45) is 2.24. The first-order chi connectivity index (χ1) is 12.1. The van der Waals surface area contributed by atoms with Gasteiger partial charge in [0.25, 0.3) is 5.91 Å². The third-order valence-electron chi connectivity index (χ3n) is 4.64. The summed E-state index contributed by atoms with van der Waals surface area (Å²) in [4.78, 5) is 29.5. The Labute approximate surface area is 168 Å². The van der Waals surface area contributed by atoms with Crippen LogP contribution in [0.1, 0.15) is 23.2 Å². The zero-order chi connectivity index (χ0) is 17.4. The van der Waals surface area contributed by atoms with Crippen molar-refractivity contribution in [2.75, 3.05) is 29.9 Å². The van der Waals surface area contributed by atoms with E-state index in [1.807, 2.05) is 6.07 Å². The van der Waals surface area contributed by atoms with Crippen LogP contribution in [0.25, 0.3) is 0 Å². The minimum atomic E-state index is -0.240. The number of rotatable bonds is 2. The molecule has 2 heterocycles. The quantitative estimate of drug-likeness (QED) is 0.825. The lowest BCUT2D eigenvalue weighted by molar-refractivity contribution is -0.118. The van der Waals surface area contributed by atoms with Crippen LogP contribution in [-0.2, 0) is 4.79 Å². The molecule has 0 aliphatic carbocycles. The van der Waals surface area contributed by atoms with Gasteiger partial charge in [-0.2, -0.15) is 0 Å². The summed E-state index contributed by atoms with van der Waals surface area (Å²) in [6, 6.07) is 12.4. The number of halogens is 2. The van der Waals surface area contributed by atoms with Gasteiger partial charge in [-0.15, -0.1) is 12.4 Å². The van der Waals surface area contributed by atoms with Gasteiger partial charge in [-0.25, -0.2) is 0 Å². The number of nitrogens with zero attached hydrogens (tertiary/aromatic N) is 2. The van der Waals surface area contributed by atoms with Gasteiger partial charge in [0.1, 0.15) is 0 Å². The molecule has 0 radical (unpaired) electrons. The van der Waals surface area contributed by atoms with Gasteiger partial charge in [-0.1, -0.05) is 23.7 Å². The summed E-state index contributed by atoms with van der Waals surface area (Å²) in [5, 5.41) is 3.38. The normalized spacial score (nSPS) is 15.6. The fraction of sp³-hybridized carbons (Fsp3) is 0.263. The van der Waals surface area contributed by atoms with Crippen LogP contribution in [0.15, 0.2) is 42.5 Å². The van der Waals surface area contributed by atoms with E-state index in [0.717, 1.165) is 25.9 Å². The van der Waals surface area contributed by atoms with Crippen LogP contribution < -0.4 is 10.2 Å². The van der Waals surface area contributed by atoms with Crippen LogP contribution in [0.3, 0.4) is 0 Å². The topological polar surface area (TPSA) is 84.1 Å². The molecule has 0 unspecified atom stereocenters. The highest BCUT2D eigenvalue weighted by Crippen LogP contribution is 2.39. The molecule has 6 nitrogen and oxygen atoms in total. The predicted octanol–water partition coefficient (Wildman–Crippen LogP) is 3.26. The highest BCUT2D eigenvalue weighted by molar-refractivity contribution is 6.31. The van der Waals surface area contributed by atoms with Gasteiger partial charge >= 0.3 is 0 Å². The maximum atomic E-state index is 13.1. The Kier molecular flexibility index (Phi) is 6.84. The first-order valence-corrected chi connectivity index (χ1v) is 8.76. The van der Waals surface area contributed by atoms with E-state index in [0.29, 0.717) is 34.2 Å².